The van der Waals surface area contributed by atoms with Gasteiger partial charge in [0, 0.05) is 0 Å². The predicted molar refractivity (Wildman–Crippen MR) is 82.9 cm³/mol. The van der Waals surface area contributed by atoms with Crippen LogP contribution in [0.1, 0.15) is 46.5 Å². The van der Waals surface area contributed by atoms with E-state index in [0.717, 1.165) is 31.5 Å². The summed E-state index contributed by atoms with van der Waals surface area (Å²) in [6, 6.07) is 0. The third kappa shape index (κ3) is 3.74. The standard InChI is InChI=1S/C17H27NO3/c1-16(2,3)21-15(20)17(18-11-5-4-6-12-18)9-7-14(13-19)8-10-17/h7-9,19H,4-6,10-13H2,1-3H3. The molecule has 0 aromatic rings. The minimum absolute atomic E-state index is 0.0148. The Hall–Kier alpha value is -1.13. The van der Waals surface area contributed by atoms with Crippen LogP contribution in [0.5, 0.6) is 0 Å². The van der Waals surface area contributed by atoms with Gasteiger partial charge in [-0.05, 0) is 58.7 Å². The molecule has 0 saturated carbocycles. The van der Waals surface area contributed by atoms with Crippen LogP contribution in [0.25, 0.3) is 0 Å². The first kappa shape index (κ1) is 16.2. The lowest BCUT2D eigenvalue weighted by molar-refractivity contribution is -0.167. The van der Waals surface area contributed by atoms with E-state index in [-0.39, 0.29) is 12.6 Å². The third-order valence-electron chi connectivity index (χ3n) is 4.10. The zero-order valence-electron chi connectivity index (χ0n) is 13.4. The van der Waals surface area contributed by atoms with Gasteiger partial charge in [-0.25, -0.2) is 4.79 Å². The van der Waals surface area contributed by atoms with Crippen LogP contribution in [-0.4, -0.2) is 46.8 Å². The first-order valence-electron chi connectivity index (χ1n) is 7.85. The molecule has 2 aliphatic rings. The Morgan fingerprint density at radius 2 is 2.00 bits per heavy atom. The lowest BCUT2D eigenvalue weighted by Gasteiger charge is -2.43. The van der Waals surface area contributed by atoms with Crippen LogP contribution in [0.3, 0.4) is 0 Å². The summed E-state index contributed by atoms with van der Waals surface area (Å²) in [7, 11) is 0. The maximum Gasteiger partial charge on any atom is 0.331 e. The summed E-state index contributed by atoms with van der Waals surface area (Å²) in [5.41, 5.74) is -0.327. The summed E-state index contributed by atoms with van der Waals surface area (Å²) in [6.45, 7) is 7.56. The average Bonchev–Trinajstić information content (AvgIpc) is 2.46. The Morgan fingerprint density at radius 1 is 1.33 bits per heavy atom. The number of piperidine rings is 1. The molecule has 1 saturated heterocycles. The number of nitrogens with zero attached hydrogens (tertiary/aromatic N) is 1. The van der Waals surface area contributed by atoms with E-state index in [1.165, 1.54) is 6.42 Å². The zero-order valence-corrected chi connectivity index (χ0v) is 13.4. The van der Waals surface area contributed by atoms with Gasteiger partial charge in [0.05, 0.1) is 6.61 Å². The Balaban J connectivity index is 2.25. The van der Waals surface area contributed by atoms with Crippen LogP contribution in [0.15, 0.2) is 23.8 Å². The number of esters is 1. The van der Waals surface area contributed by atoms with Gasteiger partial charge in [-0.15, -0.1) is 0 Å². The number of aliphatic hydroxyl groups is 1. The maximum absolute atomic E-state index is 12.8. The zero-order chi connectivity index (χ0) is 15.5. The van der Waals surface area contributed by atoms with Gasteiger partial charge in [-0.1, -0.05) is 24.6 Å². The van der Waals surface area contributed by atoms with Gasteiger partial charge in [0.15, 0.2) is 0 Å². The van der Waals surface area contributed by atoms with Crippen LogP contribution in [0.2, 0.25) is 0 Å². The molecule has 4 heteroatoms. The van der Waals surface area contributed by atoms with Crippen molar-refractivity contribution < 1.29 is 14.6 Å². The van der Waals surface area contributed by atoms with E-state index in [1.54, 1.807) is 0 Å². The van der Waals surface area contributed by atoms with Gasteiger partial charge >= 0.3 is 5.97 Å². The van der Waals surface area contributed by atoms with E-state index >= 15 is 0 Å². The van der Waals surface area contributed by atoms with Crippen molar-refractivity contribution >= 4 is 5.97 Å². The van der Waals surface area contributed by atoms with Crippen LogP contribution < -0.4 is 0 Å². The fourth-order valence-corrected chi connectivity index (χ4v) is 2.96. The van der Waals surface area contributed by atoms with Crippen molar-refractivity contribution in [3.63, 3.8) is 0 Å². The van der Waals surface area contributed by atoms with Gasteiger partial charge in [0.25, 0.3) is 0 Å². The second kappa shape index (κ2) is 6.32. The molecule has 0 spiro atoms. The highest BCUT2D eigenvalue weighted by Gasteiger charge is 2.45. The summed E-state index contributed by atoms with van der Waals surface area (Å²) in [5.74, 6) is -0.179. The van der Waals surface area contributed by atoms with Gasteiger partial charge < -0.3 is 9.84 Å². The summed E-state index contributed by atoms with van der Waals surface area (Å²) in [4.78, 5) is 15.1. The van der Waals surface area contributed by atoms with E-state index in [9.17, 15) is 9.90 Å². The molecule has 1 fully saturated rings. The molecule has 4 nitrogen and oxygen atoms in total. The molecule has 2 rings (SSSR count). The first-order valence-corrected chi connectivity index (χ1v) is 7.85. The number of carbonyl (C=O) groups excluding carboxylic acids is 1. The number of rotatable bonds is 3. The van der Waals surface area contributed by atoms with Crippen molar-refractivity contribution in [2.45, 2.75) is 57.6 Å². The fraction of sp³-hybridized carbons (Fsp3) is 0.706. The van der Waals surface area contributed by atoms with E-state index < -0.39 is 11.1 Å². The quantitative estimate of drug-likeness (QED) is 0.812. The lowest BCUT2D eigenvalue weighted by Crippen LogP contribution is -2.57. The highest BCUT2D eigenvalue weighted by atomic mass is 16.6. The van der Waals surface area contributed by atoms with E-state index in [0.29, 0.717) is 6.42 Å². The molecule has 0 bridgehead atoms. The van der Waals surface area contributed by atoms with E-state index in [2.05, 4.69) is 4.90 Å². The number of aliphatic hydroxyl groups excluding tert-OH is 1. The van der Waals surface area contributed by atoms with Crippen molar-refractivity contribution in [2.24, 2.45) is 0 Å². The molecule has 21 heavy (non-hydrogen) atoms. The summed E-state index contributed by atoms with van der Waals surface area (Å²) >= 11 is 0. The van der Waals surface area contributed by atoms with Gasteiger partial charge in [0.1, 0.15) is 11.1 Å². The minimum atomic E-state index is -0.702. The summed E-state index contributed by atoms with van der Waals surface area (Å²) in [5, 5.41) is 9.25. The van der Waals surface area contributed by atoms with Crippen molar-refractivity contribution in [3.05, 3.63) is 23.8 Å². The largest absolute Gasteiger partial charge is 0.458 e. The molecule has 0 aromatic carbocycles. The highest BCUT2D eigenvalue weighted by molar-refractivity contribution is 5.85. The Bertz CT molecular complexity index is 441. The predicted octanol–water partition coefficient (Wildman–Crippen LogP) is 2.43. The molecule has 1 heterocycles. The number of hydrogen-bond donors (Lipinski definition) is 1. The molecular formula is C17H27NO3. The first-order chi connectivity index (χ1) is 9.87. The third-order valence-corrected chi connectivity index (χ3v) is 4.10. The smallest absolute Gasteiger partial charge is 0.331 e. The molecule has 1 aliphatic heterocycles. The Kier molecular flexibility index (Phi) is 4.89. The number of ether oxygens (including phenoxy) is 1. The maximum atomic E-state index is 12.8. The fourth-order valence-electron chi connectivity index (χ4n) is 2.96. The summed E-state index contributed by atoms with van der Waals surface area (Å²) in [6.07, 6.45) is 9.79. The van der Waals surface area contributed by atoms with Gasteiger partial charge in [-0.3, -0.25) is 4.90 Å². The Labute approximate surface area is 127 Å². The second-order valence-corrected chi connectivity index (χ2v) is 6.95. The van der Waals surface area contributed by atoms with Gasteiger partial charge in [-0.2, -0.15) is 0 Å². The van der Waals surface area contributed by atoms with Crippen LogP contribution in [0, 0.1) is 0 Å². The lowest BCUT2D eigenvalue weighted by atomic mass is 9.85. The van der Waals surface area contributed by atoms with Crippen molar-refractivity contribution in [1.82, 2.24) is 4.90 Å². The molecule has 1 aliphatic carbocycles. The van der Waals surface area contributed by atoms with Crippen molar-refractivity contribution in [3.8, 4) is 0 Å². The molecular weight excluding hydrogens is 266 g/mol. The molecule has 0 radical (unpaired) electrons. The van der Waals surface area contributed by atoms with E-state index in [4.69, 9.17) is 4.74 Å². The van der Waals surface area contributed by atoms with Crippen LogP contribution in [-0.2, 0) is 9.53 Å². The van der Waals surface area contributed by atoms with Crippen molar-refractivity contribution in [2.75, 3.05) is 19.7 Å². The van der Waals surface area contributed by atoms with Crippen LogP contribution in [0.4, 0.5) is 0 Å². The minimum Gasteiger partial charge on any atom is -0.458 e. The molecule has 1 unspecified atom stereocenters. The number of hydrogen-bond acceptors (Lipinski definition) is 4. The van der Waals surface area contributed by atoms with E-state index in [1.807, 2.05) is 39.0 Å². The number of likely N-dealkylation sites (tertiary alicyclic amines) is 1. The highest BCUT2D eigenvalue weighted by Crippen LogP contribution is 2.33. The molecule has 1 atom stereocenters. The van der Waals surface area contributed by atoms with Crippen LogP contribution >= 0.6 is 0 Å². The second-order valence-electron chi connectivity index (χ2n) is 6.95. The summed E-state index contributed by atoms with van der Waals surface area (Å²) < 4.78 is 5.68. The molecule has 0 aromatic heterocycles. The van der Waals surface area contributed by atoms with Gasteiger partial charge in [0.2, 0.25) is 0 Å². The topological polar surface area (TPSA) is 49.8 Å². The van der Waals surface area contributed by atoms with Crippen molar-refractivity contribution in [1.29, 1.82) is 0 Å². The monoisotopic (exact) mass is 293 g/mol. The average molecular weight is 293 g/mol. The number of carbonyl (C=O) groups is 1. The molecule has 1 N–H and O–H groups in total. The SMILES string of the molecule is CC(C)(C)OC(=O)C1(N2CCCCC2)C=CC(CO)=CC1. The Morgan fingerprint density at radius 3 is 2.48 bits per heavy atom. The molecule has 118 valence electrons. The molecule has 0 amide bonds. The normalized spacial score (nSPS) is 27.3.